The Morgan fingerprint density at radius 3 is 3.00 bits per heavy atom. The molecular weight excluding hydrogens is 200 g/mol. The van der Waals surface area contributed by atoms with Crippen LogP contribution < -0.4 is 5.32 Å². The van der Waals surface area contributed by atoms with E-state index >= 15 is 0 Å². The number of nitrogens with zero attached hydrogens (tertiary/aromatic N) is 1. The molecule has 0 radical (unpaired) electrons. The summed E-state index contributed by atoms with van der Waals surface area (Å²) in [5.41, 5.74) is 2.05. The highest BCUT2D eigenvalue weighted by atomic mass is 16.3. The average Bonchev–Trinajstić information content (AvgIpc) is 2.80. The van der Waals surface area contributed by atoms with Gasteiger partial charge in [0.2, 0.25) is 0 Å². The quantitative estimate of drug-likeness (QED) is 0.849. The number of aryl methyl sites for hydroxylation is 1. The van der Waals surface area contributed by atoms with Gasteiger partial charge in [0.05, 0.1) is 18.1 Å². The van der Waals surface area contributed by atoms with Crippen LogP contribution >= 0.6 is 0 Å². The molecule has 0 saturated carbocycles. The van der Waals surface area contributed by atoms with Crippen LogP contribution in [0.5, 0.6) is 0 Å². The van der Waals surface area contributed by atoms with Crippen LogP contribution in [0.4, 0.5) is 5.69 Å². The predicted octanol–water partition coefficient (Wildman–Crippen LogP) is 3.11. The van der Waals surface area contributed by atoms with Crippen LogP contribution in [-0.4, -0.2) is 11.5 Å². The summed E-state index contributed by atoms with van der Waals surface area (Å²) in [7, 11) is 0. The van der Waals surface area contributed by atoms with E-state index in [0.29, 0.717) is 0 Å². The van der Waals surface area contributed by atoms with Crippen molar-refractivity contribution in [3.63, 3.8) is 0 Å². The minimum absolute atomic E-state index is 0.755. The second-order valence-electron chi connectivity index (χ2n) is 3.49. The molecular formula is C13H14N2O. The lowest BCUT2D eigenvalue weighted by molar-refractivity contribution is 0.557. The molecule has 2 heterocycles. The van der Waals surface area contributed by atoms with Gasteiger partial charge in [0.15, 0.2) is 0 Å². The van der Waals surface area contributed by atoms with Gasteiger partial charge in [0.25, 0.3) is 0 Å². The van der Waals surface area contributed by atoms with Gasteiger partial charge in [-0.3, -0.25) is 4.98 Å². The summed E-state index contributed by atoms with van der Waals surface area (Å²) in [5.74, 6) is 0.865. The maximum absolute atomic E-state index is 5.17. The van der Waals surface area contributed by atoms with Crippen molar-refractivity contribution >= 4 is 11.8 Å². The first-order valence-corrected chi connectivity index (χ1v) is 5.21. The molecule has 3 nitrogen and oxygen atoms in total. The van der Waals surface area contributed by atoms with Crippen LogP contribution in [0.1, 0.15) is 11.5 Å². The van der Waals surface area contributed by atoms with Gasteiger partial charge in [0.1, 0.15) is 5.76 Å². The molecule has 3 heteroatoms. The van der Waals surface area contributed by atoms with E-state index in [1.807, 2.05) is 49.5 Å². The Morgan fingerprint density at radius 1 is 1.38 bits per heavy atom. The topological polar surface area (TPSA) is 38.1 Å². The summed E-state index contributed by atoms with van der Waals surface area (Å²) in [6, 6.07) is 7.79. The van der Waals surface area contributed by atoms with Crippen molar-refractivity contribution in [3.8, 4) is 0 Å². The van der Waals surface area contributed by atoms with Gasteiger partial charge in [-0.05, 0) is 37.3 Å². The van der Waals surface area contributed by atoms with Crippen molar-refractivity contribution in [2.24, 2.45) is 0 Å². The van der Waals surface area contributed by atoms with Gasteiger partial charge in [-0.25, -0.2) is 0 Å². The number of nitrogens with one attached hydrogen (secondary N) is 1. The molecule has 0 unspecified atom stereocenters. The Labute approximate surface area is 94.8 Å². The van der Waals surface area contributed by atoms with Gasteiger partial charge in [0, 0.05) is 12.2 Å². The van der Waals surface area contributed by atoms with Crippen molar-refractivity contribution in [1.82, 2.24) is 4.98 Å². The van der Waals surface area contributed by atoms with Crippen molar-refractivity contribution in [1.29, 1.82) is 0 Å². The van der Waals surface area contributed by atoms with E-state index in [1.54, 1.807) is 6.26 Å². The Balaban J connectivity index is 1.82. The van der Waals surface area contributed by atoms with Crippen LogP contribution in [0, 0.1) is 6.92 Å². The molecule has 0 amide bonds. The third kappa shape index (κ3) is 2.98. The Bertz CT molecular complexity index is 443. The summed E-state index contributed by atoms with van der Waals surface area (Å²) in [5, 5.41) is 3.24. The molecule has 0 aromatic carbocycles. The van der Waals surface area contributed by atoms with Crippen LogP contribution in [-0.2, 0) is 0 Å². The summed E-state index contributed by atoms with van der Waals surface area (Å²) < 4.78 is 5.17. The van der Waals surface area contributed by atoms with Gasteiger partial charge in [-0.1, -0.05) is 6.08 Å². The van der Waals surface area contributed by atoms with E-state index in [0.717, 1.165) is 23.7 Å². The summed E-state index contributed by atoms with van der Waals surface area (Å²) in [6.45, 7) is 2.73. The number of anilines is 1. The first kappa shape index (κ1) is 10.5. The number of hydrogen-bond donors (Lipinski definition) is 1. The van der Waals surface area contributed by atoms with Crippen molar-refractivity contribution < 1.29 is 4.42 Å². The first-order valence-electron chi connectivity index (χ1n) is 5.21. The predicted molar refractivity (Wildman–Crippen MR) is 65.2 cm³/mol. The van der Waals surface area contributed by atoms with Crippen molar-refractivity contribution in [2.45, 2.75) is 6.92 Å². The van der Waals surface area contributed by atoms with Gasteiger partial charge >= 0.3 is 0 Å². The lowest BCUT2D eigenvalue weighted by Gasteiger charge is -2.01. The zero-order chi connectivity index (χ0) is 11.2. The van der Waals surface area contributed by atoms with E-state index in [2.05, 4.69) is 10.3 Å². The van der Waals surface area contributed by atoms with E-state index in [-0.39, 0.29) is 0 Å². The molecule has 0 aliphatic heterocycles. The first-order chi connectivity index (χ1) is 7.84. The smallest absolute Gasteiger partial charge is 0.126 e. The fourth-order valence-electron chi connectivity index (χ4n) is 1.31. The third-order valence-corrected chi connectivity index (χ3v) is 2.16. The van der Waals surface area contributed by atoms with Crippen molar-refractivity contribution in [2.75, 3.05) is 11.9 Å². The summed E-state index contributed by atoms with van der Waals surface area (Å²) in [6.07, 6.45) is 7.44. The fourth-order valence-corrected chi connectivity index (χ4v) is 1.31. The minimum atomic E-state index is 0.755. The molecule has 16 heavy (non-hydrogen) atoms. The monoisotopic (exact) mass is 214 g/mol. The van der Waals surface area contributed by atoms with Crippen LogP contribution in [0.25, 0.3) is 6.08 Å². The Kier molecular flexibility index (Phi) is 3.38. The molecule has 0 saturated heterocycles. The molecule has 0 aliphatic rings. The maximum atomic E-state index is 5.17. The lowest BCUT2D eigenvalue weighted by Crippen LogP contribution is -1.98. The summed E-state index contributed by atoms with van der Waals surface area (Å²) in [4.78, 5) is 4.20. The third-order valence-electron chi connectivity index (χ3n) is 2.16. The van der Waals surface area contributed by atoms with E-state index in [1.165, 1.54) is 0 Å². The van der Waals surface area contributed by atoms with E-state index in [4.69, 9.17) is 4.42 Å². The highest BCUT2D eigenvalue weighted by Crippen LogP contribution is 2.05. The van der Waals surface area contributed by atoms with E-state index < -0.39 is 0 Å². The normalized spacial score (nSPS) is 10.8. The van der Waals surface area contributed by atoms with Gasteiger partial charge in [-0.2, -0.15) is 0 Å². The van der Waals surface area contributed by atoms with E-state index in [9.17, 15) is 0 Å². The number of hydrogen-bond acceptors (Lipinski definition) is 3. The molecule has 82 valence electrons. The van der Waals surface area contributed by atoms with Gasteiger partial charge < -0.3 is 9.73 Å². The largest absolute Gasteiger partial charge is 0.465 e. The highest BCUT2D eigenvalue weighted by Gasteiger charge is 1.90. The standard InChI is InChI=1S/C13H14N2O/c1-11-6-7-12(10-15-11)14-8-2-4-13-5-3-9-16-13/h2-7,9-10,14H,8H2,1H3/b4-2+. The minimum Gasteiger partial charge on any atom is -0.465 e. The second kappa shape index (κ2) is 5.16. The zero-order valence-corrected chi connectivity index (χ0v) is 9.18. The molecule has 0 aliphatic carbocycles. The Morgan fingerprint density at radius 2 is 2.31 bits per heavy atom. The van der Waals surface area contributed by atoms with Crippen molar-refractivity contribution in [3.05, 3.63) is 54.3 Å². The SMILES string of the molecule is Cc1ccc(NC/C=C/c2ccco2)cn1. The highest BCUT2D eigenvalue weighted by molar-refractivity contribution is 5.46. The molecule has 2 aromatic heterocycles. The zero-order valence-electron chi connectivity index (χ0n) is 9.18. The maximum Gasteiger partial charge on any atom is 0.126 e. The number of rotatable bonds is 4. The second-order valence-corrected chi connectivity index (χ2v) is 3.49. The molecule has 0 spiro atoms. The molecule has 2 aromatic rings. The van der Waals surface area contributed by atoms with Crippen LogP contribution in [0.2, 0.25) is 0 Å². The molecule has 2 rings (SSSR count). The number of aromatic nitrogens is 1. The number of pyridine rings is 1. The lowest BCUT2D eigenvalue weighted by atomic mass is 10.3. The van der Waals surface area contributed by atoms with Gasteiger partial charge in [-0.15, -0.1) is 0 Å². The fraction of sp³-hybridized carbons (Fsp3) is 0.154. The average molecular weight is 214 g/mol. The van der Waals surface area contributed by atoms with Crippen LogP contribution in [0.15, 0.2) is 47.2 Å². The number of furan rings is 1. The molecule has 0 atom stereocenters. The summed E-state index contributed by atoms with van der Waals surface area (Å²) >= 11 is 0. The molecule has 0 fully saturated rings. The molecule has 1 N–H and O–H groups in total. The van der Waals surface area contributed by atoms with Crippen LogP contribution in [0.3, 0.4) is 0 Å². The molecule has 0 bridgehead atoms. The Hall–Kier alpha value is -2.03.